The zero-order valence-electron chi connectivity index (χ0n) is 19.4. The Kier molecular flexibility index (Phi) is 6.86. The number of thiazole rings is 1. The molecule has 34 heavy (non-hydrogen) atoms. The fourth-order valence-corrected chi connectivity index (χ4v) is 4.85. The van der Waals surface area contributed by atoms with E-state index in [1.165, 1.54) is 12.3 Å². The number of nitrogens with zero attached hydrogens (tertiary/aromatic N) is 3. The topological polar surface area (TPSA) is 107 Å². The van der Waals surface area contributed by atoms with E-state index in [0.717, 1.165) is 37.0 Å². The predicted octanol–water partition coefficient (Wildman–Crippen LogP) is 3.84. The first-order chi connectivity index (χ1) is 16.0. The summed E-state index contributed by atoms with van der Waals surface area (Å²) in [6.45, 7) is 5.53. The van der Waals surface area contributed by atoms with Gasteiger partial charge >= 0.3 is 0 Å². The largest absolute Gasteiger partial charge is 0.389 e. The molecule has 1 saturated carbocycles. The van der Waals surface area contributed by atoms with Crippen molar-refractivity contribution in [3.05, 3.63) is 28.5 Å². The van der Waals surface area contributed by atoms with Gasteiger partial charge in [-0.2, -0.15) is 0 Å². The van der Waals surface area contributed by atoms with Gasteiger partial charge in [-0.25, -0.2) is 18.7 Å². The number of hydrogen-bond acceptors (Lipinski definition) is 7. The molecule has 4 rings (SSSR count). The highest BCUT2D eigenvalue weighted by atomic mass is 32.1. The first-order valence-electron chi connectivity index (χ1n) is 11.4. The third-order valence-electron chi connectivity index (χ3n) is 5.86. The molecule has 0 bridgehead atoms. The molecule has 1 atom stereocenters. The molecule has 8 nitrogen and oxygen atoms in total. The van der Waals surface area contributed by atoms with Gasteiger partial charge in [0.25, 0.3) is 18.2 Å². The second-order valence-corrected chi connectivity index (χ2v) is 10.6. The lowest BCUT2D eigenvalue weighted by molar-refractivity contribution is 0.0692. The molecular formula is C23H29F2N5O3S. The maximum atomic E-state index is 14.1. The van der Waals surface area contributed by atoms with Gasteiger partial charge in [-0.3, -0.25) is 9.59 Å². The number of nitrogens with one attached hydrogen (secondary N) is 2. The first kappa shape index (κ1) is 24.5. The Morgan fingerprint density at radius 2 is 2.06 bits per heavy atom. The Balaban J connectivity index is 1.74. The number of anilines is 1. The van der Waals surface area contributed by atoms with E-state index in [2.05, 4.69) is 20.6 Å². The van der Waals surface area contributed by atoms with Crippen molar-refractivity contribution in [2.45, 2.75) is 70.6 Å². The standard InChI is InChI=1S/C23H29F2N5O3S/c1-12-5-4-8-30(12)22(32)17-18(34-21(29-17)20(31)27-11-23(2,3)33)15-10-26-16(28-13-6-7-13)9-14(15)19(24)25/h9-10,12-13,19,33H,4-8,11H2,1-3H3,(H,26,28)(H,27,31). The third-order valence-corrected chi connectivity index (χ3v) is 6.95. The number of carbonyl (C=O) groups excluding carboxylic acids is 2. The predicted molar refractivity (Wildman–Crippen MR) is 125 cm³/mol. The van der Waals surface area contributed by atoms with Crippen molar-refractivity contribution >= 4 is 29.0 Å². The van der Waals surface area contributed by atoms with Crippen LogP contribution in [0.5, 0.6) is 0 Å². The van der Waals surface area contributed by atoms with Crippen LogP contribution in [0.2, 0.25) is 0 Å². The van der Waals surface area contributed by atoms with Crippen molar-refractivity contribution in [2.24, 2.45) is 0 Å². The number of carbonyl (C=O) groups is 2. The highest BCUT2D eigenvalue weighted by molar-refractivity contribution is 7.17. The molecule has 2 aliphatic rings. The minimum absolute atomic E-state index is 0.00711. The Bertz CT molecular complexity index is 1080. The number of aromatic nitrogens is 2. The van der Waals surface area contributed by atoms with Crippen LogP contribution in [0.3, 0.4) is 0 Å². The summed E-state index contributed by atoms with van der Waals surface area (Å²) in [4.78, 5) is 36.5. The molecule has 1 aliphatic carbocycles. The zero-order valence-corrected chi connectivity index (χ0v) is 20.2. The Labute approximate surface area is 200 Å². The summed E-state index contributed by atoms with van der Waals surface area (Å²) in [6.07, 6.45) is 2.14. The van der Waals surface area contributed by atoms with Gasteiger partial charge in [0.05, 0.1) is 10.5 Å². The number of hydrogen-bond donors (Lipinski definition) is 3. The lowest BCUT2D eigenvalue weighted by atomic mass is 10.1. The maximum absolute atomic E-state index is 14.1. The third kappa shape index (κ3) is 5.52. The Morgan fingerprint density at radius 1 is 1.32 bits per heavy atom. The van der Waals surface area contributed by atoms with Gasteiger partial charge in [0.2, 0.25) is 0 Å². The van der Waals surface area contributed by atoms with E-state index in [9.17, 15) is 23.5 Å². The molecule has 3 N–H and O–H groups in total. The summed E-state index contributed by atoms with van der Waals surface area (Å²) >= 11 is 0.877. The molecule has 3 heterocycles. The number of rotatable bonds is 8. The minimum atomic E-state index is -2.80. The van der Waals surface area contributed by atoms with Crippen LogP contribution in [0, 0.1) is 0 Å². The van der Waals surface area contributed by atoms with Crippen LogP contribution in [0.25, 0.3) is 10.4 Å². The quantitative estimate of drug-likeness (QED) is 0.516. The van der Waals surface area contributed by atoms with Crippen molar-refractivity contribution in [3.63, 3.8) is 0 Å². The number of likely N-dealkylation sites (tertiary alicyclic amines) is 1. The average Bonchev–Trinajstić information content (AvgIpc) is 3.30. The number of alkyl halides is 2. The van der Waals surface area contributed by atoms with Crippen molar-refractivity contribution in [1.82, 2.24) is 20.2 Å². The summed E-state index contributed by atoms with van der Waals surface area (Å²) in [6, 6.07) is 1.54. The van der Waals surface area contributed by atoms with E-state index in [4.69, 9.17) is 0 Å². The number of amides is 2. The Morgan fingerprint density at radius 3 is 2.65 bits per heavy atom. The molecule has 1 aliphatic heterocycles. The van der Waals surface area contributed by atoms with E-state index in [1.807, 2.05) is 6.92 Å². The summed E-state index contributed by atoms with van der Waals surface area (Å²) < 4.78 is 28.2. The highest BCUT2D eigenvalue weighted by Gasteiger charge is 2.33. The lowest BCUT2D eigenvalue weighted by Crippen LogP contribution is -2.38. The zero-order chi connectivity index (χ0) is 24.6. The summed E-state index contributed by atoms with van der Waals surface area (Å²) in [7, 11) is 0. The van der Waals surface area contributed by atoms with Crippen LogP contribution in [-0.2, 0) is 0 Å². The van der Waals surface area contributed by atoms with Gasteiger partial charge in [-0.1, -0.05) is 0 Å². The normalized spacial score (nSPS) is 18.4. The fraction of sp³-hybridized carbons (Fsp3) is 0.565. The first-order valence-corrected chi connectivity index (χ1v) is 12.2. The molecule has 1 unspecified atom stereocenters. The summed E-state index contributed by atoms with van der Waals surface area (Å²) in [5, 5.41) is 15.6. The van der Waals surface area contributed by atoms with Crippen LogP contribution in [0.4, 0.5) is 14.6 Å². The highest BCUT2D eigenvalue weighted by Crippen LogP contribution is 2.39. The molecule has 1 saturated heterocycles. The van der Waals surface area contributed by atoms with E-state index in [0.29, 0.717) is 12.4 Å². The molecule has 184 valence electrons. The van der Waals surface area contributed by atoms with Gasteiger partial charge in [0.15, 0.2) is 5.01 Å². The second kappa shape index (κ2) is 9.53. The van der Waals surface area contributed by atoms with E-state index in [-0.39, 0.29) is 45.3 Å². The maximum Gasteiger partial charge on any atom is 0.280 e. The van der Waals surface area contributed by atoms with Crippen LogP contribution in [-0.4, -0.2) is 62.6 Å². The average molecular weight is 494 g/mol. The van der Waals surface area contributed by atoms with Crippen LogP contribution < -0.4 is 10.6 Å². The number of pyridine rings is 1. The van der Waals surface area contributed by atoms with E-state index < -0.39 is 23.8 Å². The van der Waals surface area contributed by atoms with E-state index >= 15 is 0 Å². The van der Waals surface area contributed by atoms with Crippen molar-refractivity contribution in [3.8, 4) is 10.4 Å². The SMILES string of the molecule is CC1CCCN1C(=O)c1nc(C(=O)NCC(C)(C)O)sc1-c1cnc(NC2CC2)cc1C(F)F. The van der Waals surface area contributed by atoms with Gasteiger partial charge in [-0.15, -0.1) is 11.3 Å². The molecule has 2 aromatic heterocycles. The smallest absolute Gasteiger partial charge is 0.280 e. The van der Waals surface area contributed by atoms with Crippen LogP contribution in [0.1, 0.15) is 78.7 Å². The van der Waals surface area contributed by atoms with Gasteiger partial charge in [0, 0.05) is 42.5 Å². The molecule has 2 fully saturated rings. The number of halogens is 2. The van der Waals surface area contributed by atoms with Crippen molar-refractivity contribution in [1.29, 1.82) is 0 Å². The van der Waals surface area contributed by atoms with Crippen LogP contribution in [0.15, 0.2) is 12.3 Å². The van der Waals surface area contributed by atoms with Gasteiger partial charge in [-0.05, 0) is 52.5 Å². The lowest BCUT2D eigenvalue weighted by Gasteiger charge is -2.21. The molecule has 0 spiro atoms. The van der Waals surface area contributed by atoms with Gasteiger partial charge in [0.1, 0.15) is 11.5 Å². The number of aliphatic hydroxyl groups is 1. The molecule has 2 aromatic rings. The monoisotopic (exact) mass is 493 g/mol. The summed E-state index contributed by atoms with van der Waals surface area (Å²) in [5.41, 5.74) is -1.35. The van der Waals surface area contributed by atoms with Crippen molar-refractivity contribution in [2.75, 3.05) is 18.4 Å². The minimum Gasteiger partial charge on any atom is -0.389 e. The van der Waals surface area contributed by atoms with Crippen LogP contribution >= 0.6 is 11.3 Å². The molecule has 11 heteroatoms. The van der Waals surface area contributed by atoms with E-state index in [1.54, 1.807) is 18.7 Å². The molecular weight excluding hydrogens is 464 g/mol. The fourth-order valence-electron chi connectivity index (χ4n) is 3.84. The summed E-state index contributed by atoms with van der Waals surface area (Å²) in [5.74, 6) is -0.617. The van der Waals surface area contributed by atoms with Gasteiger partial charge < -0.3 is 20.6 Å². The molecule has 0 aromatic carbocycles. The van der Waals surface area contributed by atoms with Crippen molar-refractivity contribution < 1.29 is 23.5 Å². The molecule has 2 amide bonds. The second-order valence-electron chi connectivity index (χ2n) is 9.56. The molecule has 0 radical (unpaired) electrons. The Hall–Kier alpha value is -2.66.